The van der Waals surface area contributed by atoms with Crippen LogP contribution in [0.5, 0.6) is 0 Å². The van der Waals surface area contributed by atoms with Crippen molar-refractivity contribution in [2.24, 2.45) is 0 Å². The zero-order valence-corrected chi connectivity index (χ0v) is 7.05. The Morgan fingerprint density at radius 2 is 2.17 bits per heavy atom. The molecule has 64 valence electrons. The van der Waals surface area contributed by atoms with Gasteiger partial charge < -0.3 is 15.2 Å². The van der Waals surface area contributed by atoms with E-state index in [1.54, 1.807) is 19.2 Å². The minimum Gasteiger partial charge on any atom is -0.545 e. The molecule has 0 heterocycles. The lowest BCUT2D eigenvalue weighted by Crippen LogP contribution is -2.22. The van der Waals surface area contributed by atoms with Gasteiger partial charge in [0.2, 0.25) is 0 Å². The number of hydrogen-bond donors (Lipinski definition) is 1. The quantitative estimate of drug-likeness (QED) is 0.688. The van der Waals surface area contributed by atoms with E-state index in [0.717, 1.165) is 11.3 Å². The van der Waals surface area contributed by atoms with E-state index in [4.69, 9.17) is 0 Å². The summed E-state index contributed by atoms with van der Waals surface area (Å²) in [5.74, 6) is -1.15. The molecule has 1 N–H and O–H groups in total. The highest BCUT2D eigenvalue weighted by Crippen LogP contribution is 2.15. The second-order valence-electron chi connectivity index (χ2n) is 2.57. The first-order valence-electron chi connectivity index (χ1n) is 3.65. The number of carboxylic acids is 1. The fraction of sp³-hybridized carbons (Fsp3) is 0.222. The van der Waals surface area contributed by atoms with Crippen LogP contribution in [0.25, 0.3) is 0 Å². The van der Waals surface area contributed by atoms with Crippen molar-refractivity contribution in [3.63, 3.8) is 0 Å². The molecule has 0 aliphatic carbocycles. The summed E-state index contributed by atoms with van der Waals surface area (Å²) in [4.78, 5) is 10.4. The van der Waals surface area contributed by atoms with Crippen LogP contribution in [0.15, 0.2) is 18.2 Å². The standard InChI is InChI=1S/C9H11NO2/c1-6-3-4-7(9(11)12)5-8(6)10-2/h3-5,10H,1-2H3,(H,11,12)/p-1. The summed E-state index contributed by atoms with van der Waals surface area (Å²) in [6.45, 7) is 1.91. The molecule has 0 saturated carbocycles. The fourth-order valence-electron chi connectivity index (χ4n) is 1.02. The molecule has 0 unspecified atom stereocenters. The average Bonchev–Trinajstić information content (AvgIpc) is 2.05. The third-order valence-electron chi connectivity index (χ3n) is 1.74. The van der Waals surface area contributed by atoms with Crippen molar-refractivity contribution in [1.29, 1.82) is 0 Å². The Kier molecular flexibility index (Phi) is 2.33. The lowest BCUT2D eigenvalue weighted by Gasteiger charge is -2.08. The first-order chi connectivity index (χ1) is 5.65. The lowest BCUT2D eigenvalue weighted by molar-refractivity contribution is -0.255. The molecule has 0 bridgehead atoms. The van der Waals surface area contributed by atoms with Crippen LogP contribution in [0, 0.1) is 6.92 Å². The fourth-order valence-corrected chi connectivity index (χ4v) is 1.02. The predicted octanol–water partition coefficient (Wildman–Crippen LogP) is 0.400. The average molecular weight is 164 g/mol. The van der Waals surface area contributed by atoms with E-state index in [-0.39, 0.29) is 5.56 Å². The zero-order chi connectivity index (χ0) is 9.14. The van der Waals surface area contributed by atoms with E-state index in [2.05, 4.69) is 5.32 Å². The summed E-state index contributed by atoms with van der Waals surface area (Å²) in [5, 5.41) is 13.3. The number of anilines is 1. The van der Waals surface area contributed by atoms with Gasteiger partial charge >= 0.3 is 0 Å². The van der Waals surface area contributed by atoms with E-state index in [1.165, 1.54) is 6.07 Å². The maximum absolute atomic E-state index is 10.4. The zero-order valence-electron chi connectivity index (χ0n) is 7.05. The normalized spacial score (nSPS) is 9.50. The van der Waals surface area contributed by atoms with Crippen molar-refractivity contribution in [2.45, 2.75) is 6.92 Å². The topological polar surface area (TPSA) is 52.2 Å². The smallest absolute Gasteiger partial charge is 0.0716 e. The Labute approximate surface area is 71.0 Å². The molecular weight excluding hydrogens is 154 g/mol. The lowest BCUT2D eigenvalue weighted by atomic mass is 10.1. The maximum Gasteiger partial charge on any atom is 0.0716 e. The highest BCUT2D eigenvalue weighted by molar-refractivity contribution is 5.87. The van der Waals surface area contributed by atoms with E-state index in [1.807, 2.05) is 6.92 Å². The van der Waals surface area contributed by atoms with Gasteiger partial charge in [0.05, 0.1) is 5.97 Å². The van der Waals surface area contributed by atoms with Crippen LogP contribution >= 0.6 is 0 Å². The van der Waals surface area contributed by atoms with E-state index in [0.29, 0.717) is 0 Å². The van der Waals surface area contributed by atoms with Gasteiger partial charge in [-0.25, -0.2) is 0 Å². The summed E-state index contributed by atoms with van der Waals surface area (Å²) in [6, 6.07) is 4.84. The second-order valence-corrected chi connectivity index (χ2v) is 2.57. The summed E-state index contributed by atoms with van der Waals surface area (Å²) >= 11 is 0. The van der Waals surface area contributed by atoms with Crippen molar-refractivity contribution in [2.75, 3.05) is 12.4 Å². The Bertz CT molecular complexity index is 307. The van der Waals surface area contributed by atoms with Crippen LogP contribution in [0.1, 0.15) is 15.9 Å². The van der Waals surface area contributed by atoms with Gasteiger partial charge in [-0.2, -0.15) is 0 Å². The molecule has 1 rings (SSSR count). The number of carbonyl (C=O) groups excluding carboxylic acids is 1. The van der Waals surface area contributed by atoms with Crippen molar-refractivity contribution in [3.8, 4) is 0 Å². The largest absolute Gasteiger partial charge is 0.545 e. The highest BCUT2D eigenvalue weighted by Gasteiger charge is 1.98. The summed E-state index contributed by atoms with van der Waals surface area (Å²) in [5.41, 5.74) is 2.03. The molecule has 0 atom stereocenters. The monoisotopic (exact) mass is 164 g/mol. The Balaban J connectivity index is 3.13. The summed E-state index contributed by atoms with van der Waals surface area (Å²) in [6.07, 6.45) is 0. The van der Waals surface area contributed by atoms with Crippen molar-refractivity contribution >= 4 is 11.7 Å². The van der Waals surface area contributed by atoms with Gasteiger partial charge in [0.1, 0.15) is 0 Å². The number of carboxylic acid groups (broad SMARTS) is 1. The number of carbonyl (C=O) groups is 1. The summed E-state index contributed by atoms with van der Waals surface area (Å²) in [7, 11) is 1.75. The number of benzene rings is 1. The molecule has 0 saturated heterocycles. The molecule has 0 spiro atoms. The minimum atomic E-state index is -1.15. The number of hydrogen-bond acceptors (Lipinski definition) is 3. The maximum atomic E-state index is 10.4. The third kappa shape index (κ3) is 1.56. The minimum absolute atomic E-state index is 0.199. The van der Waals surface area contributed by atoms with Crippen LogP contribution in [-0.4, -0.2) is 13.0 Å². The third-order valence-corrected chi connectivity index (χ3v) is 1.74. The molecule has 3 heteroatoms. The van der Waals surface area contributed by atoms with Gasteiger partial charge in [-0.15, -0.1) is 0 Å². The number of rotatable bonds is 2. The van der Waals surface area contributed by atoms with Crippen LogP contribution in [0.4, 0.5) is 5.69 Å². The first-order valence-corrected chi connectivity index (χ1v) is 3.65. The highest BCUT2D eigenvalue weighted by atomic mass is 16.4. The molecule has 0 aliphatic rings. The van der Waals surface area contributed by atoms with Crippen molar-refractivity contribution in [3.05, 3.63) is 29.3 Å². The second kappa shape index (κ2) is 3.26. The molecule has 1 aromatic rings. The van der Waals surface area contributed by atoms with Gasteiger partial charge in [-0.05, 0) is 24.1 Å². The molecule has 12 heavy (non-hydrogen) atoms. The molecule has 0 fully saturated rings. The van der Waals surface area contributed by atoms with Crippen LogP contribution < -0.4 is 10.4 Å². The van der Waals surface area contributed by atoms with Gasteiger partial charge in [0.25, 0.3) is 0 Å². The Hall–Kier alpha value is -1.51. The molecule has 3 nitrogen and oxygen atoms in total. The molecule has 1 aromatic carbocycles. The molecule has 0 amide bonds. The number of nitrogens with one attached hydrogen (secondary N) is 1. The molecule has 0 radical (unpaired) electrons. The first kappa shape index (κ1) is 8.59. The van der Waals surface area contributed by atoms with Gasteiger partial charge in [0, 0.05) is 12.7 Å². The predicted molar refractivity (Wildman–Crippen MR) is 45.1 cm³/mol. The molecular formula is C9H10NO2-. The molecule has 0 aliphatic heterocycles. The van der Waals surface area contributed by atoms with Crippen LogP contribution in [-0.2, 0) is 0 Å². The molecule has 0 aromatic heterocycles. The Morgan fingerprint density at radius 3 is 2.67 bits per heavy atom. The van der Waals surface area contributed by atoms with Crippen LogP contribution in [0.3, 0.4) is 0 Å². The summed E-state index contributed by atoms with van der Waals surface area (Å²) < 4.78 is 0. The van der Waals surface area contributed by atoms with Crippen molar-refractivity contribution in [1.82, 2.24) is 0 Å². The van der Waals surface area contributed by atoms with E-state index >= 15 is 0 Å². The van der Waals surface area contributed by atoms with Crippen molar-refractivity contribution < 1.29 is 9.90 Å². The van der Waals surface area contributed by atoms with Gasteiger partial charge in [-0.3, -0.25) is 0 Å². The number of aryl methyl sites for hydroxylation is 1. The van der Waals surface area contributed by atoms with Gasteiger partial charge in [0.15, 0.2) is 0 Å². The Morgan fingerprint density at radius 1 is 1.50 bits per heavy atom. The van der Waals surface area contributed by atoms with Crippen LogP contribution in [0.2, 0.25) is 0 Å². The number of aromatic carboxylic acids is 1. The van der Waals surface area contributed by atoms with E-state index in [9.17, 15) is 9.90 Å². The van der Waals surface area contributed by atoms with Gasteiger partial charge in [-0.1, -0.05) is 12.1 Å². The van der Waals surface area contributed by atoms with E-state index < -0.39 is 5.97 Å². The SMILES string of the molecule is CNc1cc(C(=O)[O-])ccc1C.